The summed E-state index contributed by atoms with van der Waals surface area (Å²) in [5.41, 5.74) is 0.587. The highest BCUT2D eigenvalue weighted by atomic mass is 19.3. The lowest BCUT2D eigenvalue weighted by atomic mass is 10.0. The monoisotopic (exact) mass is 362 g/mol. The normalized spacial score (nSPS) is 22.3. The molecule has 2 aromatic rings. The van der Waals surface area contributed by atoms with Gasteiger partial charge in [-0.2, -0.15) is 0 Å². The molecule has 1 aromatic heterocycles. The molecule has 3 heterocycles. The number of aromatic nitrogens is 2. The van der Waals surface area contributed by atoms with Gasteiger partial charge in [-0.25, -0.2) is 18.7 Å². The van der Waals surface area contributed by atoms with Gasteiger partial charge < -0.3 is 9.64 Å². The van der Waals surface area contributed by atoms with Crippen LogP contribution in [0, 0.1) is 0 Å². The van der Waals surface area contributed by atoms with Gasteiger partial charge in [0.25, 0.3) is 6.43 Å². The van der Waals surface area contributed by atoms with Crippen molar-refractivity contribution in [3.05, 3.63) is 30.1 Å². The Balaban J connectivity index is 1.68. The minimum absolute atomic E-state index is 0.283. The van der Waals surface area contributed by atoms with Crippen molar-refractivity contribution >= 4 is 16.7 Å². The van der Waals surface area contributed by atoms with Gasteiger partial charge in [0.2, 0.25) is 0 Å². The van der Waals surface area contributed by atoms with Crippen molar-refractivity contribution in [3.8, 4) is 0 Å². The zero-order valence-electron chi connectivity index (χ0n) is 14.8. The third-order valence-corrected chi connectivity index (χ3v) is 5.27. The number of para-hydroxylation sites is 1. The van der Waals surface area contributed by atoms with Crippen LogP contribution < -0.4 is 4.90 Å². The first-order valence-electron chi connectivity index (χ1n) is 9.34. The van der Waals surface area contributed by atoms with Crippen LogP contribution in [0.3, 0.4) is 0 Å². The van der Waals surface area contributed by atoms with Crippen LogP contribution in [0.4, 0.5) is 14.6 Å². The Kier molecular flexibility index (Phi) is 5.26. The summed E-state index contributed by atoms with van der Waals surface area (Å²) in [4.78, 5) is 13.0. The summed E-state index contributed by atoms with van der Waals surface area (Å²) in [6, 6.07) is 7.74. The molecule has 0 spiro atoms. The molecule has 0 bridgehead atoms. The molecule has 0 saturated carbocycles. The molecule has 1 unspecified atom stereocenters. The van der Waals surface area contributed by atoms with E-state index in [1.54, 1.807) is 6.07 Å². The Bertz CT molecular complexity index is 751. The molecule has 0 N–H and O–H groups in total. The van der Waals surface area contributed by atoms with Crippen molar-refractivity contribution < 1.29 is 13.5 Å². The fourth-order valence-corrected chi connectivity index (χ4v) is 3.94. The van der Waals surface area contributed by atoms with Crippen LogP contribution in [0.1, 0.15) is 31.5 Å². The van der Waals surface area contributed by atoms with Crippen molar-refractivity contribution in [1.82, 2.24) is 14.9 Å². The summed E-state index contributed by atoms with van der Waals surface area (Å²) in [5, 5.41) is 0.853. The Hall–Kier alpha value is -1.86. The predicted molar refractivity (Wildman–Crippen MR) is 96.7 cm³/mol. The lowest BCUT2D eigenvalue weighted by Gasteiger charge is -2.40. The smallest absolute Gasteiger partial charge is 0.297 e. The van der Waals surface area contributed by atoms with Crippen LogP contribution in [0.15, 0.2) is 24.3 Å². The van der Waals surface area contributed by atoms with Gasteiger partial charge >= 0.3 is 0 Å². The minimum atomic E-state index is -2.67. The molecule has 0 radical (unpaired) electrons. The molecule has 2 fully saturated rings. The minimum Gasteiger partial charge on any atom is -0.379 e. The molecule has 2 saturated heterocycles. The summed E-state index contributed by atoms with van der Waals surface area (Å²) in [7, 11) is 0. The molecule has 0 amide bonds. The fourth-order valence-electron chi connectivity index (χ4n) is 3.94. The fraction of sp³-hybridized carbons (Fsp3) is 0.579. The van der Waals surface area contributed by atoms with E-state index in [0.717, 1.165) is 64.0 Å². The van der Waals surface area contributed by atoms with E-state index in [1.165, 1.54) is 0 Å². The maximum Gasteiger partial charge on any atom is 0.297 e. The number of benzene rings is 1. The molecular formula is C19H24F2N4O. The molecular weight excluding hydrogens is 338 g/mol. The zero-order valence-corrected chi connectivity index (χ0v) is 14.8. The van der Waals surface area contributed by atoms with Gasteiger partial charge in [-0.05, 0) is 31.4 Å². The number of alkyl halides is 2. The van der Waals surface area contributed by atoms with E-state index in [2.05, 4.69) is 19.8 Å². The van der Waals surface area contributed by atoms with Gasteiger partial charge in [-0.1, -0.05) is 12.1 Å². The summed E-state index contributed by atoms with van der Waals surface area (Å²) < 4.78 is 32.1. The van der Waals surface area contributed by atoms with Crippen LogP contribution >= 0.6 is 0 Å². The molecule has 2 aliphatic heterocycles. The molecule has 26 heavy (non-hydrogen) atoms. The van der Waals surface area contributed by atoms with Gasteiger partial charge in [-0.15, -0.1) is 0 Å². The first-order valence-corrected chi connectivity index (χ1v) is 9.34. The van der Waals surface area contributed by atoms with Gasteiger partial charge in [-0.3, -0.25) is 4.90 Å². The number of halogens is 2. The predicted octanol–water partition coefficient (Wildman–Crippen LogP) is 3.26. The SMILES string of the molecule is FC(F)c1nc(N2CCCCC2CN2CCOCC2)c2ccccc2n1. The standard InChI is InChI=1S/C19H24F2N4O/c20-17(21)18-22-16-7-2-1-6-15(16)19(23-18)25-8-4-3-5-14(25)13-24-9-11-26-12-10-24/h1-2,6-7,14,17H,3-5,8-13H2. The van der Waals surface area contributed by atoms with Crippen molar-refractivity contribution in [3.63, 3.8) is 0 Å². The highest BCUT2D eigenvalue weighted by Crippen LogP contribution is 2.31. The summed E-state index contributed by atoms with van der Waals surface area (Å²) in [6.07, 6.45) is 0.610. The van der Waals surface area contributed by atoms with Crippen molar-refractivity contribution in [2.24, 2.45) is 0 Å². The third-order valence-electron chi connectivity index (χ3n) is 5.27. The maximum atomic E-state index is 13.3. The number of hydrogen-bond acceptors (Lipinski definition) is 5. The summed E-state index contributed by atoms with van der Waals surface area (Å²) in [5.74, 6) is 0.276. The number of anilines is 1. The Morgan fingerprint density at radius 1 is 1.08 bits per heavy atom. The second-order valence-corrected chi connectivity index (χ2v) is 6.98. The zero-order chi connectivity index (χ0) is 17.9. The number of ether oxygens (including phenoxy) is 1. The first kappa shape index (κ1) is 17.5. The summed E-state index contributed by atoms with van der Waals surface area (Å²) in [6.45, 7) is 5.15. The molecule has 7 heteroatoms. The van der Waals surface area contributed by atoms with Gasteiger partial charge in [0.15, 0.2) is 5.82 Å². The second-order valence-electron chi connectivity index (χ2n) is 6.98. The Labute approximate surface area is 152 Å². The average Bonchev–Trinajstić information content (AvgIpc) is 2.68. The van der Waals surface area contributed by atoms with Crippen LogP contribution in [-0.2, 0) is 4.74 Å². The lowest BCUT2D eigenvalue weighted by Crippen LogP contribution is -2.50. The van der Waals surface area contributed by atoms with E-state index in [4.69, 9.17) is 4.74 Å². The van der Waals surface area contributed by atoms with Gasteiger partial charge in [0, 0.05) is 37.6 Å². The number of nitrogens with zero attached hydrogens (tertiary/aromatic N) is 4. The number of hydrogen-bond donors (Lipinski definition) is 0. The molecule has 0 aliphatic carbocycles. The van der Waals surface area contributed by atoms with E-state index in [1.807, 2.05) is 18.2 Å². The van der Waals surface area contributed by atoms with E-state index in [-0.39, 0.29) is 11.9 Å². The molecule has 2 aliphatic rings. The van der Waals surface area contributed by atoms with Crippen molar-refractivity contribution in [1.29, 1.82) is 0 Å². The quantitative estimate of drug-likeness (QED) is 0.835. The van der Waals surface area contributed by atoms with E-state index < -0.39 is 6.43 Å². The van der Waals surface area contributed by atoms with Crippen molar-refractivity contribution in [2.45, 2.75) is 31.7 Å². The summed E-state index contributed by atoms with van der Waals surface area (Å²) >= 11 is 0. The molecule has 4 rings (SSSR count). The highest BCUT2D eigenvalue weighted by Gasteiger charge is 2.28. The number of piperidine rings is 1. The van der Waals surface area contributed by atoms with E-state index in [9.17, 15) is 8.78 Å². The maximum absolute atomic E-state index is 13.3. The van der Waals surface area contributed by atoms with Crippen LogP contribution in [0.2, 0.25) is 0 Å². The number of morpholine rings is 1. The largest absolute Gasteiger partial charge is 0.379 e. The van der Waals surface area contributed by atoms with Crippen LogP contribution in [0.5, 0.6) is 0 Å². The average molecular weight is 362 g/mol. The van der Waals surface area contributed by atoms with E-state index in [0.29, 0.717) is 11.3 Å². The lowest BCUT2D eigenvalue weighted by molar-refractivity contribution is 0.0338. The topological polar surface area (TPSA) is 41.5 Å². The van der Waals surface area contributed by atoms with Gasteiger partial charge in [0.05, 0.1) is 18.7 Å². The van der Waals surface area contributed by atoms with Crippen molar-refractivity contribution in [2.75, 3.05) is 44.3 Å². The number of fused-ring (bicyclic) bond motifs is 1. The number of rotatable bonds is 4. The molecule has 140 valence electrons. The van der Waals surface area contributed by atoms with Gasteiger partial charge in [0.1, 0.15) is 5.82 Å². The van der Waals surface area contributed by atoms with Crippen LogP contribution in [-0.4, -0.2) is 60.3 Å². The van der Waals surface area contributed by atoms with Crippen LogP contribution in [0.25, 0.3) is 10.9 Å². The van der Waals surface area contributed by atoms with E-state index >= 15 is 0 Å². The Morgan fingerprint density at radius 2 is 1.88 bits per heavy atom. The third kappa shape index (κ3) is 3.64. The molecule has 1 atom stereocenters. The molecule has 5 nitrogen and oxygen atoms in total. The molecule has 1 aromatic carbocycles. The highest BCUT2D eigenvalue weighted by molar-refractivity contribution is 5.89. The first-order chi connectivity index (χ1) is 12.7. The second kappa shape index (κ2) is 7.80. The Morgan fingerprint density at radius 3 is 2.69 bits per heavy atom.